The molecule has 0 bridgehead atoms. The maximum atomic E-state index is 12.5. The molecule has 50 heavy (non-hydrogen) atoms. The minimum Gasteiger partial charge on any atom is -0.493 e. The van der Waals surface area contributed by atoms with Crippen LogP contribution in [0.1, 0.15) is 47.9 Å². The van der Waals surface area contributed by atoms with Crippen LogP contribution in [0.2, 0.25) is 0 Å². The summed E-state index contributed by atoms with van der Waals surface area (Å²) in [7, 11) is -3.50. The quantitative estimate of drug-likeness (QED) is 0.0644. The van der Waals surface area contributed by atoms with Gasteiger partial charge in [-0.15, -0.1) is 0 Å². The van der Waals surface area contributed by atoms with Gasteiger partial charge in [0, 0.05) is 31.1 Å². The predicted octanol–water partition coefficient (Wildman–Crippen LogP) is 5.14. The average Bonchev–Trinajstić information content (AvgIpc) is 3.07. The van der Waals surface area contributed by atoms with E-state index >= 15 is 0 Å². The smallest absolute Gasteiger partial charge is 0.331 e. The van der Waals surface area contributed by atoms with Gasteiger partial charge in [-0.1, -0.05) is 54.6 Å². The second kappa shape index (κ2) is 16.8. The molecule has 0 aliphatic carbocycles. The number of carboxylic acids is 1. The first-order valence-electron chi connectivity index (χ1n) is 15.9. The molecule has 0 saturated heterocycles. The van der Waals surface area contributed by atoms with Crippen molar-refractivity contribution in [2.24, 2.45) is 11.5 Å². The lowest BCUT2D eigenvalue weighted by Gasteiger charge is -2.22. The van der Waals surface area contributed by atoms with Gasteiger partial charge in [-0.05, 0) is 78.8 Å². The van der Waals surface area contributed by atoms with E-state index in [1.54, 1.807) is 24.3 Å². The molecule has 12 nitrogen and oxygen atoms in total. The van der Waals surface area contributed by atoms with Crippen LogP contribution >= 0.6 is 0 Å². The van der Waals surface area contributed by atoms with Crippen molar-refractivity contribution in [3.05, 3.63) is 113 Å². The van der Waals surface area contributed by atoms with Crippen molar-refractivity contribution in [2.75, 3.05) is 22.9 Å². The molecule has 1 amide bonds. The van der Waals surface area contributed by atoms with Gasteiger partial charge in [-0.25, -0.2) is 13.2 Å². The standard InChI is InChI=1S/C37H42N4O8S/c1-25-32(18-15-28(35(25)41-50(2,46)47)22-26-8-4-3-5-9-26)40-24-27-13-16-29(17-14-27)49-31-11-6-10-30(23-31)48-21-7-12-33(42)37(39,36(44)45)20-19-34(38)43/h3-6,8-11,13-18,23,40-41H,7,12,19-22,24,39H2,1-2H3,(H2,38,43)(H,44,45)/t37-/m1/s1. The summed E-state index contributed by atoms with van der Waals surface area (Å²) in [5.74, 6) is -1.32. The Morgan fingerprint density at radius 3 is 2.22 bits per heavy atom. The van der Waals surface area contributed by atoms with Crippen LogP contribution in [0.3, 0.4) is 0 Å². The lowest BCUT2D eigenvalue weighted by atomic mass is 9.87. The second-order valence-electron chi connectivity index (χ2n) is 12.0. The number of aliphatic carboxylic acids is 1. The normalized spacial score (nSPS) is 12.4. The molecule has 4 aromatic rings. The third-order valence-corrected chi connectivity index (χ3v) is 8.56. The summed E-state index contributed by atoms with van der Waals surface area (Å²) in [6.45, 7) is 2.51. The molecule has 13 heteroatoms. The SMILES string of the molecule is Cc1c(NCc2ccc(Oc3cccc(OCCCC(=O)[C@](N)(CCC(N)=O)C(=O)O)c3)cc2)ccc(Cc2ccccc2)c1NS(C)(=O)=O. The number of nitrogens with two attached hydrogens (primary N) is 2. The molecule has 1 atom stereocenters. The van der Waals surface area contributed by atoms with Gasteiger partial charge in [0.2, 0.25) is 15.9 Å². The Bertz CT molecular complexity index is 1920. The van der Waals surface area contributed by atoms with Crippen LogP contribution in [0.5, 0.6) is 17.2 Å². The highest BCUT2D eigenvalue weighted by molar-refractivity contribution is 7.92. The fourth-order valence-corrected chi connectivity index (χ4v) is 5.87. The Morgan fingerprint density at radius 1 is 0.860 bits per heavy atom. The van der Waals surface area contributed by atoms with Crippen LogP contribution in [0.4, 0.5) is 11.4 Å². The monoisotopic (exact) mass is 702 g/mol. The van der Waals surface area contributed by atoms with Crippen LogP contribution < -0.4 is 31.0 Å². The zero-order valence-electron chi connectivity index (χ0n) is 28.0. The Balaban J connectivity index is 1.31. The lowest BCUT2D eigenvalue weighted by Crippen LogP contribution is -2.55. The molecule has 264 valence electrons. The molecular formula is C37H42N4O8S. The lowest BCUT2D eigenvalue weighted by molar-refractivity contribution is -0.148. The summed E-state index contributed by atoms with van der Waals surface area (Å²) in [6.07, 6.45) is 1.12. The number of hydrogen-bond donors (Lipinski definition) is 5. The van der Waals surface area contributed by atoms with Gasteiger partial charge < -0.3 is 31.4 Å². The van der Waals surface area contributed by atoms with Gasteiger partial charge in [-0.2, -0.15) is 0 Å². The third-order valence-electron chi connectivity index (χ3n) is 7.99. The van der Waals surface area contributed by atoms with Crippen LogP contribution in [-0.4, -0.2) is 49.6 Å². The summed E-state index contributed by atoms with van der Waals surface area (Å²) in [4.78, 5) is 35.1. The highest BCUT2D eigenvalue weighted by atomic mass is 32.2. The highest BCUT2D eigenvalue weighted by Crippen LogP contribution is 2.31. The topological polar surface area (TPSA) is 200 Å². The zero-order chi connectivity index (χ0) is 36.3. The van der Waals surface area contributed by atoms with E-state index < -0.39 is 33.2 Å². The molecule has 0 aliphatic heterocycles. The van der Waals surface area contributed by atoms with E-state index in [1.165, 1.54) is 0 Å². The number of carbonyl (C=O) groups excluding carboxylic acids is 2. The molecule has 0 spiro atoms. The van der Waals surface area contributed by atoms with E-state index in [0.29, 0.717) is 35.9 Å². The van der Waals surface area contributed by atoms with Gasteiger partial charge in [0.05, 0.1) is 18.6 Å². The first-order chi connectivity index (χ1) is 23.7. The van der Waals surface area contributed by atoms with Gasteiger partial charge in [0.25, 0.3) is 0 Å². The molecule has 0 aliphatic rings. The Hall–Kier alpha value is -5.40. The van der Waals surface area contributed by atoms with Gasteiger partial charge in [0.1, 0.15) is 17.2 Å². The van der Waals surface area contributed by atoms with Crippen molar-refractivity contribution >= 4 is 39.1 Å². The minimum atomic E-state index is -3.50. The Kier molecular flexibility index (Phi) is 12.6. The number of carbonyl (C=O) groups is 3. The number of sulfonamides is 1. The number of carboxylic acid groups (broad SMARTS) is 1. The molecule has 4 aromatic carbocycles. The first kappa shape index (κ1) is 37.4. The van der Waals surface area contributed by atoms with Gasteiger partial charge in [0.15, 0.2) is 11.3 Å². The van der Waals surface area contributed by atoms with Crippen molar-refractivity contribution in [3.8, 4) is 17.2 Å². The number of rotatable bonds is 19. The molecule has 0 unspecified atom stereocenters. The van der Waals surface area contributed by atoms with E-state index in [0.717, 1.165) is 34.2 Å². The molecule has 0 saturated carbocycles. The number of nitrogens with one attached hydrogen (secondary N) is 2. The summed E-state index contributed by atoms with van der Waals surface area (Å²) < 4.78 is 38.8. The molecule has 0 heterocycles. The molecule has 4 rings (SSSR count). The summed E-state index contributed by atoms with van der Waals surface area (Å²) in [5.41, 5.74) is 13.8. The van der Waals surface area contributed by atoms with Crippen molar-refractivity contribution in [1.82, 2.24) is 0 Å². The second-order valence-corrected chi connectivity index (χ2v) is 13.7. The van der Waals surface area contributed by atoms with Crippen LogP contribution in [0, 0.1) is 6.92 Å². The van der Waals surface area contributed by atoms with Crippen LogP contribution in [-0.2, 0) is 37.4 Å². The average molecular weight is 703 g/mol. The van der Waals surface area contributed by atoms with E-state index in [2.05, 4.69) is 10.0 Å². The van der Waals surface area contributed by atoms with Crippen molar-refractivity contribution in [2.45, 2.75) is 51.1 Å². The third kappa shape index (κ3) is 10.8. The minimum absolute atomic E-state index is 0.128. The van der Waals surface area contributed by atoms with Crippen molar-refractivity contribution in [1.29, 1.82) is 0 Å². The number of amides is 1. The Labute approximate surface area is 291 Å². The number of ether oxygens (including phenoxy) is 2. The van der Waals surface area contributed by atoms with Gasteiger partial charge >= 0.3 is 5.97 Å². The fraction of sp³-hybridized carbons (Fsp3) is 0.270. The number of anilines is 2. The van der Waals surface area contributed by atoms with E-state index in [1.807, 2.05) is 73.7 Å². The molecule has 0 radical (unpaired) electrons. The van der Waals surface area contributed by atoms with E-state index in [9.17, 15) is 27.9 Å². The molecule has 0 aromatic heterocycles. The number of ketones is 1. The molecular weight excluding hydrogens is 660 g/mol. The van der Waals surface area contributed by atoms with Crippen LogP contribution in [0.15, 0.2) is 91.0 Å². The first-order valence-corrected chi connectivity index (χ1v) is 17.8. The largest absolute Gasteiger partial charge is 0.493 e. The van der Waals surface area contributed by atoms with Gasteiger partial charge in [-0.3, -0.25) is 14.3 Å². The predicted molar refractivity (Wildman–Crippen MR) is 192 cm³/mol. The van der Waals surface area contributed by atoms with Crippen molar-refractivity contribution < 1.29 is 37.4 Å². The maximum absolute atomic E-state index is 12.5. The van der Waals surface area contributed by atoms with E-state index in [4.69, 9.17) is 20.9 Å². The number of hydrogen-bond acceptors (Lipinski definition) is 9. The van der Waals surface area contributed by atoms with Crippen LogP contribution in [0.25, 0.3) is 0 Å². The maximum Gasteiger partial charge on any atom is 0.331 e. The Morgan fingerprint density at radius 2 is 1.56 bits per heavy atom. The summed E-state index contributed by atoms with van der Waals surface area (Å²) in [6, 6.07) is 28.2. The number of benzene rings is 4. The summed E-state index contributed by atoms with van der Waals surface area (Å²) >= 11 is 0. The zero-order valence-corrected chi connectivity index (χ0v) is 28.8. The number of primary amides is 1. The molecule has 7 N–H and O–H groups in total. The molecule has 0 fully saturated rings. The van der Waals surface area contributed by atoms with E-state index in [-0.39, 0.29) is 32.3 Å². The number of Topliss-reactive ketones (excluding diaryl/α,β-unsaturated/α-hetero) is 1. The summed E-state index contributed by atoms with van der Waals surface area (Å²) in [5, 5.41) is 12.8. The fourth-order valence-electron chi connectivity index (χ4n) is 5.22. The highest BCUT2D eigenvalue weighted by Gasteiger charge is 2.41. The van der Waals surface area contributed by atoms with Crippen molar-refractivity contribution in [3.63, 3.8) is 0 Å².